The summed E-state index contributed by atoms with van der Waals surface area (Å²) in [6.45, 7) is 2.75. The molecule has 6 nitrogen and oxygen atoms in total. The molecule has 43 heavy (non-hydrogen) atoms. The highest BCUT2D eigenvalue weighted by Crippen LogP contribution is 2.66. The van der Waals surface area contributed by atoms with Crippen LogP contribution in [0.15, 0.2) is 39.3 Å². The van der Waals surface area contributed by atoms with Gasteiger partial charge in [0, 0.05) is 18.5 Å². The zero-order valence-corrected chi connectivity index (χ0v) is 21.7. The van der Waals surface area contributed by atoms with Crippen molar-refractivity contribution >= 4 is 11.4 Å². The second kappa shape index (κ2) is 11.7. The molecule has 0 radical (unpaired) electrons. The van der Waals surface area contributed by atoms with E-state index in [-0.39, 0.29) is 18.2 Å². The second-order valence-electron chi connectivity index (χ2n) is 9.19. The van der Waals surface area contributed by atoms with Gasteiger partial charge < -0.3 is 5.11 Å². The third-order valence-corrected chi connectivity index (χ3v) is 6.40. The highest BCUT2D eigenvalue weighted by molar-refractivity contribution is 5.56. The molecule has 0 saturated heterocycles. The van der Waals surface area contributed by atoms with Gasteiger partial charge in [0.25, 0.3) is 5.56 Å². The maximum absolute atomic E-state index is 14.4. The van der Waals surface area contributed by atoms with Crippen LogP contribution in [0.3, 0.4) is 0 Å². The van der Waals surface area contributed by atoms with E-state index in [1.54, 1.807) is 13.0 Å². The minimum Gasteiger partial charge on any atom is -0.493 e. The summed E-state index contributed by atoms with van der Waals surface area (Å²) in [5.74, 6) is -16.3. The Morgan fingerprint density at radius 1 is 0.884 bits per heavy atom. The molecule has 0 fully saturated rings. The zero-order valence-electron chi connectivity index (χ0n) is 21.7. The molecule has 0 aliphatic heterocycles. The average molecular weight is 642 g/mol. The van der Waals surface area contributed by atoms with Crippen LogP contribution in [0, 0.1) is 23.7 Å². The summed E-state index contributed by atoms with van der Waals surface area (Å²) in [5.41, 5.74) is -11.5. The van der Waals surface area contributed by atoms with Crippen molar-refractivity contribution < 1.29 is 62.2 Å². The van der Waals surface area contributed by atoms with E-state index in [0.717, 1.165) is 17.6 Å². The van der Waals surface area contributed by atoms with E-state index < -0.39 is 76.2 Å². The number of unbranched alkanes of at least 4 members (excludes halogenated alkanes) is 1. The Kier molecular flexibility index (Phi) is 9.60. The Hall–Kier alpha value is -3.85. The molecule has 1 heterocycles. The summed E-state index contributed by atoms with van der Waals surface area (Å²) in [7, 11) is 0. The number of benzene rings is 1. The predicted octanol–water partition coefficient (Wildman–Crippen LogP) is 8.44. The van der Waals surface area contributed by atoms with Gasteiger partial charge in [-0.2, -0.15) is 67.5 Å². The maximum atomic E-state index is 14.4. The van der Waals surface area contributed by atoms with Crippen molar-refractivity contribution in [3.05, 3.63) is 51.3 Å². The minimum absolute atomic E-state index is 0.109. The van der Waals surface area contributed by atoms with Gasteiger partial charge in [-0.05, 0) is 31.0 Å². The molecular formula is C24H19F13N4O2. The summed E-state index contributed by atoms with van der Waals surface area (Å²) in [5, 5.41) is 26.5. The van der Waals surface area contributed by atoms with Crippen LogP contribution in [0.2, 0.25) is 0 Å². The topological polar surface area (TPSA) is 90.7 Å². The van der Waals surface area contributed by atoms with Crippen LogP contribution in [-0.4, -0.2) is 40.0 Å². The highest BCUT2D eigenvalue weighted by Gasteiger charge is 2.91. The van der Waals surface area contributed by atoms with Crippen LogP contribution in [0.25, 0.3) is 0 Å². The first-order valence-electron chi connectivity index (χ1n) is 11.8. The fraction of sp³-hybridized carbons (Fsp3) is 0.500. The molecule has 238 valence electrons. The van der Waals surface area contributed by atoms with E-state index >= 15 is 0 Å². The summed E-state index contributed by atoms with van der Waals surface area (Å²) < 4.78 is 177. The lowest BCUT2D eigenvalue weighted by molar-refractivity contribution is -0.460. The molecule has 0 unspecified atom stereocenters. The number of rotatable bonds is 9. The summed E-state index contributed by atoms with van der Waals surface area (Å²) in [4.78, 5) is 12.8. The normalized spacial score (nSPS) is 13.9. The van der Waals surface area contributed by atoms with Crippen molar-refractivity contribution in [2.24, 2.45) is 15.6 Å². The fourth-order valence-electron chi connectivity index (χ4n) is 4.00. The van der Waals surface area contributed by atoms with Crippen LogP contribution in [0.5, 0.6) is 5.88 Å². The average Bonchev–Trinajstić information content (AvgIpc) is 2.85. The number of alkyl halides is 13. The summed E-state index contributed by atoms with van der Waals surface area (Å²) in [6, 6.07) is 3.57. The van der Waals surface area contributed by atoms with Crippen molar-refractivity contribution in [2.75, 3.05) is 0 Å². The third-order valence-electron chi connectivity index (χ3n) is 6.40. The summed E-state index contributed by atoms with van der Waals surface area (Å²) >= 11 is 0. The SMILES string of the molecule is CCCCn1c(O)c(C#N)c(C)c(N=Nc2cccc(CC(C(F)(F)F)(C(F)(F)F)C(F)(F)C(F)(F)C(F)(F)F)c2)c1=O. The van der Waals surface area contributed by atoms with Gasteiger partial charge in [-0.15, -0.1) is 5.11 Å². The molecule has 0 amide bonds. The highest BCUT2D eigenvalue weighted by atomic mass is 19.4. The molecule has 0 bridgehead atoms. The molecule has 1 aromatic heterocycles. The van der Waals surface area contributed by atoms with Crippen molar-refractivity contribution in [1.29, 1.82) is 5.26 Å². The van der Waals surface area contributed by atoms with Crippen LogP contribution in [0.4, 0.5) is 68.5 Å². The Morgan fingerprint density at radius 3 is 1.91 bits per heavy atom. The number of pyridine rings is 1. The number of aromatic nitrogens is 1. The van der Waals surface area contributed by atoms with Gasteiger partial charge in [0.1, 0.15) is 11.6 Å². The number of hydrogen-bond donors (Lipinski definition) is 1. The Balaban J connectivity index is 2.75. The Morgan fingerprint density at radius 2 is 1.44 bits per heavy atom. The number of nitrogens with zero attached hydrogens (tertiary/aromatic N) is 4. The van der Waals surface area contributed by atoms with Crippen molar-refractivity contribution in [2.45, 2.75) is 70.0 Å². The number of halogens is 13. The van der Waals surface area contributed by atoms with Gasteiger partial charge in [-0.3, -0.25) is 9.36 Å². The smallest absolute Gasteiger partial charge is 0.459 e. The fourth-order valence-corrected chi connectivity index (χ4v) is 4.00. The number of nitriles is 1. The monoisotopic (exact) mass is 642 g/mol. The zero-order chi connectivity index (χ0) is 33.4. The van der Waals surface area contributed by atoms with Gasteiger partial charge >= 0.3 is 30.4 Å². The Bertz CT molecular complexity index is 1450. The molecule has 0 atom stereocenters. The summed E-state index contributed by atoms with van der Waals surface area (Å²) in [6.07, 6.45) is -24.6. The number of azo groups is 1. The van der Waals surface area contributed by atoms with E-state index in [1.165, 1.54) is 0 Å². The van der Waals surface area contributed by atoms with E-state index in [9.17, 15) is 72.2 Å². The molecule has 1 N–H and O–H groups in total. The van der Waals surface area contributed by atoms with Crippen LogP contribution in [-0.2, 0) is 13.0 Å². The Labute approximate surface area is 233 Å². The predicted molar refractivity (Wildman–Crippen MR) is 122 cm³/mol. The van der Waals surface area contributed by atoms with E-state index in [2.05, 4.69) is 10.2 Å². The van der Waals surface area contributed by atoms with E-state index in [0.29, 0.717) is 25.0 Å². The molecule has 1 aromatic carbocycles. The van der Waals surface area contributed by atoms with Gasteiger partial charge in [0.05, 0.1) is 5.69 Å². The number of hydrogen-bond acceptors (Lipinski definition) is 5. The van der Waals surface area contributed by atoms with Gasteiger partial charge in [0.15, 0.2) is 5.69 Å². The van der Waals surface area contributed by atoms with Crippen LogP contribution < -0.4 is 5.56 Å². The standard InChI is InChI=1S/C24H19F13N4O2/c1-3-4-8-41-17(42)15(11-38)12(2)16(18(41)43)40-39-14-7-5-6-13(9-14)10-19(22(29,30)31,23(32,33)34)20(25,26)21(27,28)24(35,36)37/h5-7,9,42H,3-4,8,10H2,1-2H3. The first kappa shape index (κ1) is 35.3. The van der Waals surface area contributed by atoms with E-state index in [4.69, 9.17) is 0 Å². The maximum Gasteiger partial charge on any atom is 0.459 e. The molecule has 2 rings (SSSR count). The molecule has 2 aromatic rings. The van der Waals surface area contributed by atoms with Crippen molar-refractivity contribution in [3.8, 4) is 11.9 Å². The van der Waals surface area contributed by atoms with Crippen LogP contribution >= 0.6 is 0 Å². The molecule has 0 aliphatic rings. The molecular weight excluding hydrogens is 623 g/mol. The molecule has 0 saturated carbocycles. The largest absolute Gasteiger partial charge is 0.493 e. The minimum atomic E-state index is -7.80. The lowest BCUT2D eigenvalue weighted by Crippen LogP contribution is -2.71. The van der Waals surface area contributed by atoms with Crippen molar-refractivity contribution in [1.82, 2.24) is 4.57 Å². The van der Waals surface area contributed by atoms with Crippen LogP contribution in [0.1, 0.15) is 36.5 Å². The molecule has 0 aliphatic carbocycles. The molecule has 0 spiro atoms. The van der Waals surface area contributed by atoms with E-state index in [1.807, 2.05) is 0 Å². The molecule has 19 heteroatoms. The number of aromatic hydroxyl groups is 1. The lowest BCUT2D eigenvalue weighted by Gasteiger charge is -2.45. The van der Waals surface area contributed by atoms with Gasteiger partial charge in [-0.1, -0.05) is 25.5 Å². The first-order chi connectivity index (χ1) is 19.4. The lowest BCUT2D eigenvalue weighted by atomic mass is 9.71. The second-order valence-corrected chi connectivity index (χ2v) is 9.19. The van der Waals surface area contributed by atoms with Crippen molar-refractivity contribution in [3.63, 3.8) is 0 Å². The first-order valence-corrected chi connectivity index (χ1v) is 11.8. The third kappa shape index (κ3) is 6.00. The quantitative estimate of drug-likeness (QED) is 0.220. The van der Waals surface area contributed by atoms with Gasteiger partial charge in [-0.25, -0.2) is 0 Å². The van der Waals surface area contributed by atoms with Gasteiger partial charge in [0.2, 0.25) is 11.3 Å².